The number of allylic oxidation sites excluding steroid dienone is 3. The van der Waals surface area contributed by atoms with Gasteiger partial charge in [-0.25, -0.2) is 0 Å². The summed E-state index contributed by atoms with van der Waals surface area (Å²) in [4.78, 5) is 22.3. The second-order valence-corrected chi connectivity index (χ2v) is 7.24. The number of carbonyl (C=O) groups is 2. The molecule has 6 nitrogen and oxygen atoms in total. The highest BCUT2D eigenvalue weighted by Crippen LogP contribution is 2.28. The first-order chi connectivity index (χ1) is 14.5. The number of carbonyl (C=O) groups excluding carboxylic acids is 2. The van der Waals surface area contributed by atoms with Gasteiger partial charge in [0.1, 0.15) is 24.7 Å². The summed E-state index contributed by atoms with van der Waals surface area (Å²) in [7, 11) is 0. The van der Waals surface area contributed by atoms with E-state index in [1.54, 1.807) is 0 Å². The van der Waals surface area contributed by atoms with E-state index in [4.69, 9.17) is 18.9 Å². The largest absolute Gasteiger partial charge is 0.493 e. The van der Waals surface area contributed by atoms with Crippen molar-refractivity contribution in [3.63, 3.8) is 0 Å². The van der Waals surface area contributed by atoms with Gasteiger partial charge in [0.2, 0.25) is 0 Å². The van der Waals surface area contributed by atoms with Crippen molar-refractivity contribution >= 4 is 11.9 Å². The summed E-state index contributed by atoms with van der Waals surface area (Å²) in [6, 6.07) is 8.03. The molecule has 0 saturated carbocycles. The van der Waals surface area contributed by atoms with Gasteiger partial charge in [-0.1, -0.05) is 32.1 Å². The molecule has 0 amide bonds. The third-order valence-corrected chi connectivity index (χ3v) is 4.85. The highest BCUT2D eigenvalue weighted by atomic mass is 16.6. The van der Waals surface area contributed by atoms with Crippen molar-refractivity contribution in [1.82, 2.24) is 0 Å². The lowest BCUT2D eigenvalue weighted by Gasteiger charge is -2.18. The summed E-state index contributed by atoms with van der Waals surface area (Å²) < 4.78 is 21.4. The molecule has 0 aromatic heterocycles. The van der Waals surface area contributed by atoms with Gasteiger partial charge in [0.05, 0.1) is 19.1 Å². The Morgan fingerprint density at radius 1 is 1.03 bits per heavy atom. The van der Waals surface area contributed by atoms with Crippen LogP contribution in [0.4, 0.5) is 0 Å². The van der Waals surface area contributed by atoms with Crippen LogP contribution in [0, 0.1) is 5.92 Å². The van der Waals surface area contributed by atoms with Crippen LogP contribution in [-0.4, -0.2) is 38.4 Å². The van der Waals surface area contributed by atoms with Crippen LogP contribution in [0.2, 0.25) is 0 Å². The van der Waals surface area contributed by atoms with E-state index in [9.17, 15) is 9.59 Å². The number of rotatable bonds is 12. The van der Waals surface area contributed by atoms with Gasteiger partial charge in [0.25, 0.3) is 0 Å². The molecule has 0 fully saturated rings. The molecule has 0 heterocycles. The first kappa shape index (κ1) is 23.5. The molecule has 1 aliphatic carbocycles. The molecule has 164 valence electrons. The lowest BCUT2D eigenvalue weighted by atomic mass is 9.92. The third kappa shape index (κ3) is 8.31. The SMILES string of the molecule is CCC(C)C(=O)OCCOC1=CCC(c2ccc(OCCCOC(C)=O)cc2)C=C1. The highest BCUT2D eigenvalue weighted by Gasteiger charge is 2.13. The molecule has 6 heteroatoms. The van der Waals surface area contributed by atoms with Crippen LogP contribution in [0.15, 0.2) is 48.3 Å². The number of benzene rings is 1. The molecule has 2 unspecified atom stereocenters. The number of hydrogen-bond acceptors (Lipinski definition) is 6. The minimum Gasteiger partial charge on any atom is -0.493 e. The molecule has 1 aromatic rings. The van der Waals surface area contributed by atoms with Crippen LogP contribution in [0.25, 0.3) is 0 Å². The lowest BCUT2D eigenvalue weighted by molar-refractivity contribution is -0.149. The summed E-state index contributed by atoms with van der Waals surface area (Å²) in [6.07, 6.45) is 8.43. The van der Waals surface area contributed by atoms with Crippen LogP contribution >= 0.6 is 0 Å². The Labute approximate surface area is 178 Å². The predicted molar refractivity (Wildman–Crippen MR) is 114 cm³/mol. The quantitative estimate of drug-likeness (QED) is 0.368. The van der Waals surface area contributed by atoms with Crippen LogP contribution in [0.3, 0.4) is 0 Å². The fourth-order valence-electron chi connectivity index (χ4n) is 2.84. The lowest BCUT2D eigenvalue weighted by Crippen LogP contribution is -2.17. The Kier molecular flexibility index (Phi) is 9.98. The molecule has 2 atom stereocenters. The van der Waals surface area contributed by atoms with Crippen molar-refractivity contribution in [3.8, 4) is 5.75 Å². The highest BCUT2D eigenvalue weighted by molar-refractivity contribution is 5.71. The Morgan fingerprint density at radius 2 is 1.80 bits per heavy atom. The molecule has 2 rings (SSSR count). The average molecular weight is 417 g/mol. The predicted octanol–water partition coefficient (Wildman–Crippen LogP) is 4.55. The van der Waals surface area contributed by atoms with Crippen LogP contribution in [0.5, 0.6) is 5.75 Å². The fraction of sp³-hybridized carbons (Fsp3) is 0.500. The normalized spacial score (nSPS) is 16.4. The van der Waals surface area contributed by atoms with Crippen LogP contribution < -0.4 is 4.74 Å². The molecular weight excluding hydrogens is 384 g/mol. The Morgan fingerprint density at radius 3 is 2.43 bits per heavy atom. The zero-order valence-electron chi connectivity index (χ0n) is 18.1. The maximum atomic E-state index is 11.6. The van der Waals surface area contributed by atoms with Crippen LogP contribution in [-0.2, 0) is 23.8 Å². The standard InChI is InChI=1S/C24H32O6/c1-4-18(2)24(26)30-17-16-29-23-12-8-21(9-13-23)20-6-10-22(11-7-20)28-15-5-14-27-19(3)25/h6-8,10-13,18,21H,4-5,9,14-17H2,1-3H3. The zero-order valence-corrected chi connectivity index (χ0v) is 18.1. The van der Waals surface area contributed by atoms with E-state index in [1.165, 1.54) is 12.5 Å². The zero-order chi connectivity index (χ0) is 21.8. The van der Waals surface area contributed by atoms with E-state index in [0.29, 0.717) is 32.2 Å². The minimum absolute atomic E-state index is 0.0721. The van der Waals surface area contributed by atoms with E-state index in [1.807, 2.05) is 32.1 Å². The first-order valence-corrected chi connectivity index (χ1v) is 10.5. The summed E-state index contributed by atoms with van der Waals surface area (Å²) >= 11 is 0. The Bertz CT molecular complexity index is 735. The summed E-state index contributed by atoms with van der Waals surface area (Å²) in [5.74, 6) is 1.38. The maximum Gasteiger partial charge on any atom is 0.308 e. The van der Waals surface area contributed by atoms with Crippen molar-refractivity contribution in [2.45, 2.75) is 46.0 Å². The van der Waals surface area contributed by atoms with Crippen molar-refractivity contribution in [2.24, 2.45) is 5.92 Å². The Balaban J connectivity index is 1.67. The number of ether oxygens (including phenoxy) is 4. The first-order valence-electron chi connectivity index (χ1n) is 10.5. The Hall–Kier alpha value is -2.76. The maximum absolute atomic E-state index is 11.6. The smallest absolute Gasteiger partial charge is 0.308 e. The van der Waals surface area contributed by atoms with Gasteiger partial charge in [0, 0.05) is 19.3 Å². The van der Waals surface area contributed by atoms with Gasteiger partial charge < -0.3 is 18.9 Å². The molecule has 0 saturated heterocycles. The summed E-state index contributed by atoms with van der Waals surface area (Å²) in [6.45, 7) is 6.72. The molecule has 0 aliphatic heterocycles. The van der Waals surface area contributed by atoms with Gasteiger partial charge in [-0.2, -0.15) is 0 Å². The van der Waals surface area contributed by atoms with E-state index in [-0.39, 0.29) is 24.5 Å². The third-order valence-electron chi connectivity index (χ3n) is 4.85. The van der Waals surface area contributed by atoms with Gasteiger partial charge in [-0.15, -0.1) is 0 Å². The van der Waals surface area contributed by atoms with Crippen LogP contribution in [0.1, 0.15) is 51.5 Å². The van der Waals surface area contributed by atoms with Gasteiger partial charge in [-0.05, 0) is 42.7 Å². The average Bonchev–Trinajstić information content (AvgIpc) is 2.76. The van der Waals surface area contributed by atoms with Gasteiger partial charge in [-0.3, -0.25) is 9.59 Å². The molecule has 0 N–H and O–H groups in total. The van der Waals surface area contributed by atoms with E-state index in [2.05, 4.69) is 24.3 Å². The number of hydrogen-bond donors (Lipinski definition) is 0. The molecule has 1 aliphatic rings. The van der Waals surface area contributed by atoms with E-state index < -0.39 is 0 Å². The molecule has 0 radical (unpaired) electrons. The fourth-order valence-corrected chi connectivity index (χ4v) is 2.84. The minimum atomic E-state index is -0.271. The molecule has 30 heavy (non-hydrogen) atoms. The summed E-state index contributed by atoms with van der Waals surface area (Å²) in [5, 5.41) is 0. The summed E-state index contributed by atoms with van der Waals surface area (Å²) in [5.41, 5.74) is 1.20. The molecular formula is C24H32O6. The van der Waals surface area contributed by atoms with Crippen molar-refractivity contribution in [3.05, 3.63) is 53.8 Å². The second kappa shape index (κ2) is 12.7. The van der Waals surface area contributed by atoms with Crippen molar-refractivity contribution < 1.29 is 28.5 Å². The molecule has 0 bridgehead atoms. The molecule has 1 aromatic carbocycles. The monoisotopic (exact) mass is 416 g/mol. The molecule has 0 spiro atoms. The van der Waals surface area contributed by atoms with E-state index >= 15 is 0 Å². The van der Waals surface area contributed by atoms with Gasteiger partial charge in [0.15, 0.2) is 0 Å². The second-order valence-electron chi connectivity index (χ2n) is 7.24. The van der Waals surface area contributed by atoms with Crippen molar-refractivity contribution in [2.75, 3.05) is 26.4 Å². The topological polar surface area (TPSA) is 71.1 Å². The van der Waals surface area contributed by atoms with E-state index in [0.717, 1.165) is 24.4 Å². The number of esters is 2. The van der Waals surface area contributed by atoms with Gasteiger partial charge >= 0.3 is 11.9 Å². The van der Waals surface area contributed by atoms with Crippen molar-refractivity contribution in [1.29, 1.82) is 0 Å².